The first-order valence-electron chi connectivity index (χ1n) is 8.62. The molecule has 0 unspecified atom stereocenters. The SMILES string of the molecule is CCOP(=O)(CCCCCCCCCCCCCl)OCC. The van der Waals surface area contributed by atoms with Crippen LogP contribution in [0.15, 0.2) is 0 Å². The smallest absolute Gasteiger partial charge is 0.309 e. The summed E-state index contributed by atoms with van der Waals surface area (Å²) in [6.45, 7) is 4.64. The van der Waals surface area contributed by atoms with Crippen molar-refractivity contribution in [1.82, 2.24) is 0 Å². The van der Waals surface area contributed by atoms with Gasteiger partial charge in [-0.1, -0.05) is 51.4 Å². The Hall–Kier alpha value is 0.440. The van der Waals surface area contributed by atoms with Crippen LogP contribution in [-0.4, -0.2) is 25.3 Å². The molecule has 0 N–H and O–H groups in total. The molecule has 0 aliphatic carbocycles. The molecule has 0 saturated heterocycles. The van der Waals surface area contributed by atoms with Gasteiger partial charge in [-0.25, -0.2) is 0 Å². The average Bonchev–Trinajstić information content (AvgIpc) is 2.45. The zero-order valence-corrected chi connectivity index (χ0v) is 15.6. The lowest BCUT2D eigenvalue weighted by atomic mass is 10.1. The van der Waals surface area contributed by atoms with Gasteiger partial charge in [0.2, 0.25) is 0 Å². The summed E-state index contributed by atoms with van der Waals surface area (Å²) in [4.78, 5) is 0. The second kappa shape index (κ2) is 15.3. The van der Waals surface area contributed by atoms with E-state index in [0.29, 0.717) is 19.4 Å². The molecule has 0 aliphatic rings. The van der Waals surface area contributed by atoms with E-state index in [0.717, 1.165) is 25.1 Å². The van der Waals surface area contributed by atoms with Gasteiger partial charge in [0.1, 0.15) is 0 Å². The van der Waals surface area contributed by atoms with Gasteiger partial charge >= 0.3 is 7.60 Å². The molecule has 0 rings (SSSR count). The fourth-order valence-corrected chi connectivity index (χ4v) is 4.29. The summed E-state index contributed by atoms with van der Waals surface area (Å²) in [6, 6.07) is 0. The van der Waals surface area contributed by atoms with E-state index in [2.05, 4.69) is 0 Å². The van der Waals surface area contributed by atoms with Crippen molar-refractivity contribution < 1.29 is 13.6 Å². The summed E-state index contributed by atoms with van der Waals surface area (Å²) in [5.74, 6) is 0.799. The van der Waals surface area contributed by atoms with Crippen LogP contribution in [0.1, 0.15) is 78.1 Å². The second-order valence-corrected chi connectivity index (χ2v) is 7.96. The number of halogens is 1. The topological polar surface area (TPSA) is 35.5 Å². The van der Waals surface area contributed by atoms with Gasteiger partial charge in [0.25, 0.3) is 0 Å². The molecule has 21 heavy (non-hydrogen) atoms. The highest BCUT2D eigenvalue weighted by Crippen LogP contribution is 2.48. The van der Waals surface area contributed by atoms with E-state index in [1.807, 2.05) is 13.8 Å². The summed E-state index contributed by atoms with van der Waals surface area (Å²) in [6.07, 6.45) is 12.8. The lowest BCUT2D eigenvalue weighted by molar-refractivity contribution is 0.219. The molecule has 0 bridgehead atoms. The second-order valence-electron chi connectivity index (χ2n) is 5.39. The van der Waals surface area contributed by atoms with Gasteiger partial charge in [-0.2, -0.15) is 0 Å². The molecule has 0 saturated carbocycles. The van der Waals surface area contributed by atoms with Crippen molar-refractivity contribution in [1.29, 1.82) is 0 Å². The lowest BCUT2D eigenvalue weighted by Crippen LogP contribution is -2.00. The van der Waals surface area contributed by atoms with Crippen molar-refractivity contribution in [3.63, 3.8) is 0 Å². The number of hydrogen-bond donors (Lipinski definition) is 0. The zero-order chi connectivity index (χ0) is 15.8. The molecule has 0 heterocycles. The highest BCUT2D eigenvalue weighted by atomic mass is 35.5. The molecule has 0 radical (unpaired) electrons. The van der Waals surface area contributed by atoms with Crippen LogP contribution < -0.4 is 0 Å². The molecule has 0 aliphatic heterocycles. The number of rotatable bonds is 16. The zero-order valence-electron chi connectivity index (χ0n) is 13.9. The van der Waals surface area contributed by atoms with Crippen LogP contribution in [0.3, 0.4) is 0 Å². The van der Waals surface area contributed by atoms with Crippen molar-refractivity contribution in [2.24, 2.45) is 0 Å². The van der Waals surface area contributed by atoms with Crippen molar-refractivity contribution in [2.75, 3.05) is 25.3 Å². The summed E-state index contributed by atoms with van der Waals surface area (Å²) in [5.41, 5.74) is 0. The molecule has 0 aromatic heterocycles. The third kappa shape index (κ3) is 13.8. The first-order valence-corrected chi connectivity index (χ1v) is 10.9. The maximum absolute atomic E-state index is 12.2. The van der Waals surface area contributed by atoms with Crippen LogP contribution in [-0.2, 0) is 13.6 Å². The monoisotopic (exact) mass is 340 g/mol. The molecule has 0 atom stereocenters. The minimum Gasteiger partial charge on any atom is -0.309 e. The lowest BCUT2D eigenvalue weighted by Gasteiger charge is -2.16. The first kappa shape index (κ1) is 21.4. The highest BCUT2D eigenvalue weighted by molar-refractivity contribution is 7.53. The standard InChI is InChI=1S/C16H34ClO3P/c1-3-19-21(18,20-4-2)16-14-12-10-8-6-5-7-9-11-13-15-17/h3-16H2,1-2H3. The van der Waals surface area contributed by atoms with Gasteiger partial charge in [0.05, 0.1) is 19.4 Å². The predicted molar refractivity (Wildman–Crippen MR) is 92.6 cm³/mol. The summed E-state index contributed by atoms with van der Waals surface area (Å²) in [5, 5.41) is 0. The Bertz CT molecular complexity index is 252. The average molecular weight is 341 g/mol. The fourth-order valence-electron chi connectivity index (χ4n) is 2.37. The van der Waals surface area contributed by atoms with Crippen molar-refractivity contribution in [3.05, 3.63) is 0 Å². The van der Waals surface area contributed by atoms with E-state index in [-0.39, 0.29) is 0 Å². The Labute approximate surface area is 136 Å². The molecule has 0 spiro atoms. The molecule has 3 nitrogen and oxygen atoms in total. The first-order chi connectivity index (χ1) is 10.2. The van der Waals surface area contributed by atoms with Gasteiger partial charge in [-0.05, 0) is 26.7 Å². The van der Waals surface area contributed by atoms with E-state index in [9.17, 15) is 4.57 Å². The Morgan fingerprint density at radius 3 is 1.48 bits per heavy atom. The third-order valence-electron chi connectivity index (χ3n) is 3.47. The Kier molecular flexibility index (Phi) is 15.7. The van der Waals surface area contributed by atoms with E-state index in [1.54, 1.807) is 0 Å². The summed E-state index contributed by atoms with van der Waals surface area (Å²) >= 11 is 5.65. The summed E-state index contributed by atoms with van der Waals surface area (Å²) in [7, 11) is -2.81. The molecular formula is C16H34ClO3P. The van der Waals surface area contributed by atoms with Crippen LogP contribution >= 0.6 is 19.2 Å². The highest BCUT2D eigenvalue weighted by Gasteiger charge is 2.22. The van der Waals surface area contributed by atoms with E-state index < -0.39 is 7.60 Å². The van der Waals surface area contributed by atoms with Gasteiger partial charge in [0, 0.05) is 5.88 Å². The van der Waals surface area contributed by atoms with Crippen LogP contribution in [0.4, 0.5) is 0 Å². The van der Waals surface area contributed by atoms with Gasteiger partial charge in [0.15, 0.2) is 0 Å². The summed E-state index contributed by atoms with van der Waals surface area (Å²) < 4.78 is 22.8. The van der Waals surface area contributed by atoms with Gasteiger partial charge in [-0.3, -0.25) is 4.57 Å². The van der Waals surface area contributed by atoms with Crippen LogP contribution in [0.5, 0.6) is 0 Å². The quantitative estimate of drug-likeness (QED) is 0.185. The van der Waals surface area contributed by atoms with Gasteiger partial charge < -0.3 is 9.05 Å². The van der Waals surface area contributed by atoms with Crippen LogP contribution in [0.2, 0.25) is 0 Å². The Balaban J connectivity index is 3.40. The maximum atomic E-state index is 12.2. The maximum Gasteiger partial charge on any atom is 0.330 e. The molecule has 0 amide bonds. The number of hydrogen-bond acceptors (Lipinski definition) is 3. The molecule has 0 aromatic rings. The molecule has 128 valence electrons. The number of alkyl halides is 1. The predicted octanol–water partition coefficient (Wildman–Crippen LogP) is 6.39. The largest absolute Gasteiger partial charge is 0.330 e. The van der Waals surface area contributed by atoms with Gasteiger partial charge in [-0.15, -0.1) is 11.6 Å². The molecular weight excluding hydrogens is 307 g/mol. The minimum absolute atomic E-state index is 0.459. The van der Waals surface area contributed by atoms with Crippen molar-refractivity contribution in [2.45, 2.75) is 78.1 Å². The molecule has 5 heteroatoms. The molecule has 0 fully saturated rings. The fraction of sp³-hybridized carbons (Fsp3) is 1.00. The van der Waals surface area contributed by atoms with Crippen LogP contribution in [0, 0.1) is 0 Å². The van der Waals surface area contributed by atoms with Crippen LogP contribution in [0.25, 0.3) is 0 Å². The van der Waals surface area contributed by atoms with E-state index in [4.69, 9.17) is 20.6 Å². The van der Waals surface area contributed by atoms with E-state index in [1.165, 1.54) is 44.9 Å². The Morgan fingerprint density at radius 1 is 0.714 bits per heavy atom. The minimum atomic E-state index is -2.81. The van der Waals surface area contributed by atoms with Crippen molar-refractivity contribution >= 4 is 19.2 Å². The number of unbranched alkanes of at least 4 members (excludes halogenated alkanes) is 9. The van der Waals surface area contributed by atoms with E-state index >= 15 is 0 Å². The normalized spacial score (nSPS) is 12.0. The third-order valence-corrected chi connectivity index (χ3v) is 5.90. The van der Waals surface area contributed by atoms with Crippen molar-refractivity contribution in [3.8, 4) is 0 Å². The Morgan fingerprint density at radius 2 is 1.10 bits per heavy atom. The molecule has 0 aromatic carbocycles.